The zero-order valence-corrected chi connectivity index (χ0v) is 21.7. The van der Waals surface area contributed by atoms with Crippen LogP contribution in [0.2, 0.25) is 10.0 Å². The van der Waals surface area contributed by atoms with E-state index in [0.29, 0.717) is 22.3 Å². The lowest BCUT2D eigenvalue weighted by molar-refractivity contribution is -0.138. The third-order valence-corrected chi connectivity index (χ3v) is 7.11. The molecule has 2 aromatic carbocycles. The third kappa shape index (κ3) is 8.33. The van der Waals surface area contributed by atoms with Gasteiger partial charge in [0, 0.05) is 22.8 Å². The van der Waals surface area contributed by atoms with Crippen molar-refractivity contribution < 1.29 is 9.59 Å². The normalized spacial score (nSPS) is 12.8. The Kier molecular flexibility index (Phi) is 10.7. The van der Waals surface area contributed by atoms with E-state index in [4.69, 9.17) is 23.2 Å². The van der Waals surface area contributed by atoms with Crippen molar-refractivity contribution >= 4 is 62.7 Å². The van der Waals surface area contributed by atoms with Crippen LogP contribution in [-0.4, -0.2) is 34.6 Å². The summed E-state index contributed by atoms with van der Waals surface area (Å²) in [6.45, 7) is 6.11. The number of hydrogen-bond donors (Lipinski definition) is 1. The zero-order chi connectivity index (χ0) is 23.0. The summed E-state index contributed by atoms with van der Waals surface area (Å²) in [5, 5.41) is 3.98. The monoisotopic (exact) mass is 544 g/mol. The van der Waals surface area contributed by atoms with Gasteiger partial charge in [-0.05, 0) is 55.7 Å². The quantitative estimate of drug-likeness (QED) is 0.380. The minimum absolute atomic E-state index is 0.0572. The Morgan fingerprint density at radius 1 is 1.10 bits per heavy atom. The van der Waals surface area contributed by atoms with Gasteiger partial charge in [-0.3, -0.25) is 9.59 Å². The molecule has 8 heteroatoms. The first-order valence-electron chi connectivity index (χ1n) is 10.1. The summed E-state index contributed by atoms with van der Waals surface area (Å²) in [5.41, 5.74) is 1.95. The number of amides is 2. The highest BCUT2D eigenvalue weighted by molar-refractivity contribution is 9.10. The Bertz CT molecular complexity index is 913. The molecule has 0 spiro atoms. The molecule has 2 atom stereocenters. The first-order chi connectivity index (χ1) is 14.7. The largest absolute Gasteiger partial charge is 0.352 e. The van der Waals surface area contributed by atoms with Crippen LogP contribution in [0.4, 0.5) is 0 Å². The number of carbonyl (C=O) groups excluding carboxylic acids is 2. The molecular formula is C23H27BrCl2N2O2S. The summed E-state index contributed by atoms with van der Waals surface area (Å²) < 4.78 is 0.933. The maximum atomic E-state index is 13.1. The van der Waals surface area contributed by atoms with Gasteiger partial charge in [0.2, 0.25) is 11.8 Å². The van der Waals surface area contributed by atoms with Crippen molar-refractivity contribution in [3.63, 3.8) is 0 Å². The molecule has 31 heavy (non-hydrogen) atoms. The Labute approximate surface area is 207 Å². The van der Waals surface area contributed by atoms with Crippen molar-refractivity contribution in [3.8, 4) is 0 Å². The smallest absolute Gasteiger partial charge is 0.242 e. The summed E-state index contributed by atoms with van der Waals surface area (Å²) in [4.78, 5) is 27.5. The van der Waals surface area contributed by atoms with Crippen LogP contribution in [0.5, 0.6) is 0 Å². The summed E-state index contributed by atoms with van der Waals surface area (Å²) in [7, 11) is 0. The lowest BCUT2D eigenvalue weighted by Gasteiger charge is -2.29. The number of thioether (sulfide) groups is 1. The highest BCUT2D eigenvalue weighted by Gasteiger charge is 2.26. The van der Waals surface area contributed by atoms with Crippen LogP contribution in [-0.2, 0) is 21.9 Å². The maximum Gasteiger partial charge on any atom is 0.242 e. The lowest BCUT2D eigenvalue weighted by atomic mass is 10.1. The van der Waals surface area contributed by atoms with E-state index in [1.807, 2.05) is 50.2 Å². The molecule has 0 aliphatic carbocycles. The Hall–Kier alpha value is -1.21. The van der Waals surface area contributed by atoms with E-state index in [2.05, 4.69) is 21.2 Å². The molecule has 0 bridgehead atoms. The predicted octanol–water partition coefficient (Wildman–Crippen LogP) is 6.32. The van der Waals surface area contributed by atoms with Crippen LogP contribution in [0.1, 0.15) is 38.3 Å². The number of halogens is 3. The van der Waals surface area contributed by atoms with Gasteiger partial charge in [0.25, 0.3) is 0 Å². The second-order valence-electron chi connectivity index (χ2n) is 7.39. The van der Waals surface area contributed by atoms with Gasteiger partial charge < -0.3 is 10.2 Å². The first-order valence-corrected chi connectivity index (χ1v) is 12.8. The zero-order valence-electron chi connectivity index (χ0n) is 17.8. The summed E-state index contributed by atoms with van der Waals surface area (Å²) >= 11 is 17.0. The molecule has 168 valence electrons. The van der Waals surface area contributed by atoms with Crippen LogP contribution < -0.4 is 5.32 Å². The molecule has 0 aromatic heterocycles. The van der Waals surface area contributed by atoms with E-state index in [1.54, 1.807) is 17.9 Å². The van der Waals surface area contributed by atoms with Crippen molar-refractivity contribution in [1.82, 2.24) is 10.2 Å². The van der Waals surface area contributed by atoms with Gasteiger partial charge in [0.1, 0.15) is 6.04 Å². The molecule has 2 amide bonds. The molecule has 0 saturated carbocycles. The first kappa shape index (κ1) is 26.0. The molecule has 4 nitrogen and oxygen atoms in total. The molecule has 1 N–H and O–H groups in total. The van der Waals surface area contributed by atoms with Crippen molar-refractivity contribution in [3.05, 3.63) is 68.1 Å². The summed E-state index contributed by atoms with van der Waals surface area (Å²) in [5.74, 6) is 0.653. The molecule has 0 radical (unpaired) electrons. The topological polar surface area (TPSA) is 49.4 Å². The van der Waals surface area contributed by atoms with E-state index in [9.17, 15) is 9.59 Å². The van der Waals surface area contributed by atoms with E-state index < -0.39 is 6.04 Å². The molecule has 0 saturated heterocycles. The molecule has 0 aliphatic rings. The van der Waals surface area contributed by atoms with E-state index in [1.165, 1.54) is 11.8 Å². The minimum atomic E-state index is -0.578. The van der Waals surface area contributed by atoms with E-state index in [-0.39, 0.29) is 23.6 Å². The Morgan fingerprint density at radius 2 is 1.84 bits per heavy atom. The van der Waals surface area contributed by atoms with Crippen molar-refractivity contribution in [1.29, 1.82) is 0 Å². The fourth-order valence-corrected chi connectivity index (χ4v) is 4.47. The van der Waals surface area contributed by atoms with Gasteiger partial charge in [-0.2, -0.15) is 0 Å². The lowest BCUT2D eigenvalue weighted by Crippen LogP contribution is -2.50. The van der Waals surface area contributed by atoms with E-state index in [0.717, 1.165) is 22.0 Å². The highest BCUT2D eigenvalue weighted by atomic mass is 79.9. The number of carbonyl (C=O) groups is 2. The number of nitrogens with one attached hydrogen (secondary N) is 1. The Balaban J connectivity index is 2.08. The molecule has 2 aromatic rings. The van der Waals surface area contributed by atoms with Gasteiger partial charge in [-0.15, -0.1) is 11.8 Å². The van der Waals surface area contributed by atoms with Gasteiger partial charge in [-0.25, -0.2) is 0 Å². The Morgan fingerprint density at radius 3 is 2.48 bits per heavy atom. The van der Waals surface area contributed by atoms with E-state index >= 15 is 0 Å². The molecule has 0 heterocycles. The second kappa shape index (κ2) is 12.7. The molecule has 0 unspecified atom stereocenters. The van der Waals surface area contributed by atoms with Crippen LogP contribution in [0.3, 0.4) is 0 Å². The number of nitrogens with zero attached hydrogens (tertiary/aromatic N) is 1. The molecular weight excluding hydrogens is 519 g/mol. The van der Waals surface area contributed by atoms with Crippen molar-refractivity contribution in [2.75, 3.05) is 5.75 Å². The van der Waals surface area contributed by atoms with Crippen molar-refractivity contribution in [2.24, 2.45) is 0 Å². The standard InChI is InChI=1S/C23H27BrCl2N2O2S/c1-4-15(2)27-23(30)16(3)28(12-17-6-5-7-19(24)10-17)22(29)14-31-13-18-8-9-20(25)21(26)11-18/h5-11,15-16H,4,12-14H2,1-3H3,(H,27,30)/t15-,16-/m1/s1. The van der Waals surface area contributed by atoms with Crippen LogP contribution >= 0.6 is 50.9 Å². The van der Waals surface area contributed by atoms with Crippen LogP contribution in [0.15, 0.2) is 46.9 Å². The molecule has 2 rings (SSSR count). The van der Waals surface area contributed by atoms with Gasteiger partial charge in [-0.1, -0.05) is 64.3 Å². The second-order valence-corrected chi connectivity index (χ2v) is 10.1. The maximum absolute atomic E-state index is 13.1. The fourth-order valence-electron chi connectivity index (χ4n) is 2.85. The summed E-state index contributed by atoms with van der Waals surface area (Å²) in [6, 6.07) is 12.7. The molecule has 0 aliphatic heterocycles. The summed E-state index contributed by atoms with van der Waals surface area (Å²) in [6.07, 6.45) is 0.831. The van der Waals surface area contributed by atoms with Crippen LogP contribution in [0.25, 0.3) is 0 Å². The number of hydrogen-bond acceptors (Lipinski definition) is 3. The van der Waals surface area contributed by atoms with Gasteiger partial charge in [0.15, 0.2) is 0 Å². The number of rotatable bonds is 10. The average Bonchev–Trinajstić information content (AvgIpc) is 2.73. The minimum Gasteiger partial charge on any atom is -0.352 e. The van der Waals surface area contributed by atoms with Crippen molar-refractivity contribution in [2.45, 2.75) is 51.6 Å². The molecule has 0 fully saturated rings. The highest BCUT2D eigenvalue weighted by Crippen LogP contribution is 2.25. The SMILES string of the molecule is CC[C@@H](C)NC(=O)[C@@H](C)N(Cc1cccc(Br)c1)C(=O)CSCc1ccc(Cl)c(Cl)c1. The third-order valence-electron chi connectivity index (χ3n) is 4.89. The average molecular weight is 546 g/mol. The van der Waals surface area contributed by atoms with Gasteiger partial charge in [0.05, 0.1) is 15.8 Å². The fraction of sp³-hybridized carbons (Fsp3) is 0.391. The predicted molar refractivity (Wildman–Crippen MR) is 135 cm³/mol. The number of benzene rings is 2. The van der Waals surface area contributed by atoms with Gasteiger partial charge >= 0.3 is 0 Å². The van der Waals surface area contributed by atoms with Crippen LogP contribution in [0, 0.1) is 0 Å².